The molecule has 0 radical (unpaired) electrons. The number of carboxylic acid groups (broad SMARTS) is 1. The van der Waals surface area contributed by atoms with Gasteiger partial charge in [-0.05, 0) is 74.7 Å². The number of rotatable bonds is 3. The summed E-state index contributed by atoms with van der Waals surface area (Å²) in [6, 6.07) is 0. The molecule has 4 aliphatic rings. The van der Waals surface area contributed by atoms with Crippen molar-refractivity contribution in [1.82, 2.24) is 0 Å². The molecule has 0 saturated heterocycles. The van der Waals surface area contributed by atoms with Gasteiger partial charge >= 0.3 is 35.7 Å². The molecular formula is C23H31NaO7. The molecule has 3 unspecified atom stereocenters. The Morgan fingerprint density at radius 2 is 1.94 bits per heavy atom. The smallest absolute Gasteiger partial charge is 0.546 e. The summed E-state index contributed by atoms with van der Waals surface area (Å²) in [5.41, 5.74) is -1.89. The van der Waals surface area contributed by atoms with Crippen molar-refractivity contribution in [2.75, 3.05) is 6.61 Å². The fraction of sp³-hybridized carbons (Fsp3) is 0.783. The van der Waals surface area contributed by atoms with E-state index in [1.54, 1.807) is 13.0 Å². The SMILES string of the molecule is CCOC(=O)O[C@]1(C(=O)[O-])CCC2C3CCC4=CC(=O)CC[C@]4(C)C3[C@@H](O)C[C@@]21C.[Na+]. The van der Waals surface area contributed by atoms with Gasteiger partial charge in [0.25, 0.3) is 0 Å². The van der Waals surface area contributed by atoms with E-state index in [1.807, 2.05) is 6.92 Å². The Morgan fingerprint density at radius 1 is 1.23 bits per heavy atom. The van der Waals surface area contributed by atoms with E-state index in [0.717, 1.165) is 18.4 Å². The number of hydrogen-bond acceptors (Lipinski definition) is 7. The average Bonchev–Trinajstić information content (AvgIpc) is 2.95. The molecule has 0 aliphatic heterocycles. The van der Waals surface area contributed by atoms with Crippen molar-refractivity contribution in [2.24, 2.45) is 28.6 Å². The molecule has 0 aromatic heterocycles. The van der Waals surface area contributed by atoms with Crippen molar-refractivity contribution in [1.29, 1.82) is 0 Å². The number of aliphatic carboxylic acids is 1. The topological polar surface area (TPSA) is 113 Å². The van der Waals surface area contributed by atoms with Gasteiger partial charge in [0.15, 0.2) is 11.4 Å². The van der Waals surface area contributed by atoms with Gasteiger partial charge in [0.05, 0.1) is 18.7 Å². The second-order valence-electron chi connectivity index (χ2n) is 10.0. The third-order valence-corrected chi connectivity index (χ3v) is 8.87. The number of carbonyl (C=O) groups is 3. The van der Waals surface area contributed by atoms with Crippen molar-refractivity contribution < 1.29 is 63.6 Å². The standard InChI is InChI=1S/C23H32O7.Na/c1-4-29-20(28)30-23(19(26)27)10-8-16-15-6-5-13-11-14(24)7-9-21(13,2)18(15)17(25)12-22(16,23)3;/h11,15-18,25H,4-10,12H2,1-3H3,(H,26,27);/q;+1/p-1/t15?,16?,17-,18?,21-,22-,23-;/m0./s1. The van der Waals surface area contributed by atoms with E-state index in [9.17, 15) is 24.6 Å². The van der Waals surface area contributed by atoms with E-state index in [0.29, 0.717) is 19.3 Å². The van der Waals surface area contributed by atoms with Gasteiger partial charge in [-0.3, -0.25) is 4.79 Å². The van der Waals surface area contributed by atoms with E-state index in [1.165, 1.54) is 0 Å². The first-order chi connectivity index (χ1) is 14.1. The van der Waals surface area contributed by atoms with Crippen LogP contribution < -0.4 is 34.7 Å². The zero-order valence-corrected chi connectivity index (χ0v) is 20.9. The van der Waals surface area contributed by atoms with Gasteiger partial charge in [-0.25, -0.2) is 4.79 Å². The fourth-order valence-corrected chi connectivity index (χ4v) is 7.51. The third-order valence-electron chi connectivity index (χ3n) is 8.87. The second-order valence-corrected chi connectivity index (χ2v) is 10.0. The van der Waals surface area contributed by atoms with Crippen LogP contribution in [0.3, 0.4) is 0 Å². The molecule has 4 aliphatic carbocycles. The summed E-state index contributed by atoms with van der Waals surface area (Å²) in [7, 11) is 0. The van der Waals surface area contributed by atoms with E-state index >= 15 is 0 Å². The molecule has 1 N–H and O–H groups in total. The average molecular weight is 442 g/mol. The molecule has 8 heteroatoms. The molecule has 0 amide bonds. The monoisotopic (exact) mass is 442 g/mol. The Labute approximate surface area is 205 Å². The molecule has 4 rings (SSSR count). The molecule has 7 atom stereocenters. The normalized spacial score (nSPS) is 43.5. The Bertz CT molecular complexity index is 810. The van der Waals surface area contributed by atoms with E-state index in [2.05, 4.69) is 6.92 Å². The number of aliphatic hydroxyl groups excluding tert-OH is 1. The Kier molecular flexibility index (Phi) is 6.76. The van der Waals surface area contributed by atoms with Crippen molar-refractivity contribution in [2.45, 2.75) is 77.4 Å². The number of hydrogen-bond donors (Lipinski definition) is 1. The third kappa shape index (κ3) is 3.51. The number of ketones is 1. The molecule has 31 heavy (non-hydrogen) atoms. The molecule has 0 heterocycles. The van der Waals surface area contributed by atoms with Crippen LogP contribution in [0.4, 0.5) is 4.79 Å². The zero-order valence-electron chi connectivity index (χ0n) is 18.9. The Morgan fingerprint density at radius 3 is 2.58 bits per heavy atom. The van der Waals surface area contributed by atoms with Crippen LogP contribution >= 0.6 is 0 Å². The maximum atomic E-state index is 12.3. The van der Waals surface area contributed by atoms with Crippen molar-refractivity contribution >= 4 is 17.9 Å². The predicted molar refractivity (Wildman–Crippen MR) is 104 cm³/mol. The van der Waals surface area contributed by atoms with Crippen molar-refractivity contribution in [3.05, 3.63) is 11.6 Å². The minimum atomic E-state index is -1.81. The first-order valence-corrected chi connectivity index (χ1v) is 11.1. The van der Waals surface area contributed by atoms with Crippen LogP contribution in [0.2, 0.25) is 0 Å². The van der Waals surface area contributed by atoms with Gasteiger partial charge in [0.1, 0.15) is 0 Å². The summed E-state index contributed by atoms with van der Waals surface area (Å²) in [6.45, 7) is 5.67. The number of ether oxygens (including phenoxy) is 2. The van der Waals surface area contributed by atoms with E-state index in [4.69, 9.17) is 9.47 Å². The zero-order chi connectivity index (χ0) is 21.9. The van der Waals surface area contributed by atoms with Gasteiger partial charge in [-0.2, -0.15) is 0 Å². The molecule has 3 fully saturated rings. The molecule has 166 valence electrons. The van der Waals surface area contributed by atoms with Crippen LogP contribution in [0.25, 0.3) is 0 Å². The molecule has 0 aromatic carbocycles. The number of fused-ring (bicyclic) bond motifs is 5. The first-order valence-electron chi connectivity index (χ1n) is 11.1. The van der Waals surface area contributed by atoms with E-state index < -0.39 is 29.2 Å². The number of aliphatic hydroxyl groups is 1. The van der Waals surface area contributed by atoms with E-state index in [-0.39, 0.29) is 78.0 Å². The quantitative estimate of drug-likeness (QED) is 0.448. The minimum absolute atomic E-state index is 0. The van der Waals surface area contributed by atoms with Gasteiger partial charge in [0, 0.05) is 11.8 Å². The molecular weight excluding hydrogens is 411 g/mol. The van der Waals surface area contributed by atoms with Gasteiger partial charge in [-0.15, -0.1) is 0 Å². The van der Waals surface area contributed by atoms with Crippen LogP contribution in [-0.2, 0) is 19.1 Å². The minimum Gasteiger partial charge on any atom is -0.546 e. The van der Waals surface area contributed by atoms with Gasteiger partial charge < -0.3 is 24.5 Å². The maximum Gasteiger partial charge on any atom is 1.00 e. The second kappa shape index (κ2) is 8.47. The molecule has 3 saturated carbocycles. The molecule has 7 nitrogen and oxygen atoms in total. The largest absolute Gasteiger partial charge is 1.00 e. The van der Waals surface area contributed by atoms with Gasteiger partial charge in [0.2, 0.25) is 0 Å². The van der Waals surface area contributed by atoms with Gasteiger partial charge in [-0.1, -0.05) is 19.4 Å². The summed E-state index contributed by atoms with van der Waals surface area (Å²) in [4.78, 5) is 36.4. The van der Waals surface area contributed by atoms with Crippen LogP contribution in [0.5, 0.6) is 0 Å². The fourth-order valence-electron chi connectivity index (χ4n) is 7.51. The summed E-state index contributed by atoms with van der Waals surface area (Å²) < 4.78 is 10.3. The summed E-state index contributed by atoms with van der Waals surface area (Å²) in [6.07, 6.45) is 3.73. The first kappa shape index (κ1) is 24.7. The van der Waals surface area contributed by atoms with Crippen LogP contribution in [0.1, 0.15) is 65.7 Å². The number of allylic oxidation sites excluding steroid dienone is 1. The molecule has 0 bridgehead atoms. The maximum absolute atomic E-state index is 12.3. The molecule has 0 spiro atoms. The molecule has 0 aromatic rings. The Hall–Kier alpha value is -0.890. The predicted octanol–water partition coefficient (Wildman–Crippen LogP) is -0.845. The number of carbonyl (C=O) groups excluding carboxylic acids is 3. The number of carboxylic acids is 1. The van der Waals surface area contributed by atoms with Crippen LogP contribution in [0, 0.1) is 28.6 Å². The summed E-state index contributed by atoms with van der Waals surface area (Å²) in [5, 5.41) is 23.7. The van der Waals surface area contributed by atoms with Crippen LogP contribution in [-0.4, -0.2) is 41.3 Å². The van der Waals surface area contributed by atoms with Crippen molar-refractivity contribution in [3.63, 3.8) is 0 Å². The Balaban J connectivity index is 0.00000272. The summed E-state index contributed by atoms with van der Waals surface area (Å²) >= 11 is 0. The van der Waals surface area contributed by atoms with Crippen molar-refractivity contribution in [3.8, 4) is 0 Å². The summed E-state index contributed by atoms with van der Waals surface area (Å²) in [5.74, 6) is -1.23. The van der Waals surface area contributed by atoms with Crippen LogP contribution in [0.15, 0.2) is 11.6 Å².